The predicted molar refractivity (Wildman–Crippen MR) is 110 cm³/mol. The van der Waals surface area contributed by atoms with Crippen molar-refractivity contribution in [1.29, 1.82) is 0 Å². The monoisotopic (exact) mass is 389 g/mol. The molecule has 138 valence electrons. The first-order chi connectivity index (χ1) is 13.5. The lowest BCUT2D eigenvalue weighted by atomic mass is 9.91. The predicted octanol–water partition coefficient (Wildman–Crippen LogP) is 5.08. The molecule has 1 aliphatic rings. The zero-order valence-corrected chi connectivity index (χ0v) is 15.8. The first-order valence-corrected chi connectivity index (χ1v) is 9.09. The zero-order valence-electron chi connectivity index (χ0n) is 15.0. The summed E-state index contributed by atoms with van der Waals surface area (Å²) in [6.45, 7) is 1.85. The first-order valence-electron chi connectivity index (χ1n) is 8.71. The largest absolute Gasteiger partial charge is 0.507 e. The van der Waals surface area contributed by atoms with Crippen LogP contribution in [0.15, 0.2) is 66.7 Å². The molecular weight excluding hydrogens is 374 g/mol. The summed E-state index contributed by atoms with van der Waals surface area (Å²) in [5.74, 6) is -0.818. The van der Waals surface area contributed by atoms with Crippen molar-refractivity contribution in [1.82, 2.24) is 0 Å². The minimum atomic E-state index is -0.447. The summed E-state index contributed by atoms with van der Waals surface area (Å²) in [6.07, 6.45) is 1.57. The van der Waals surface area contributed by atoms with E-state index in [9.17, 15) is 14.7 Å². The van der Waals surface area contributed by atoms with Crippen molar-refractivity contribution in [2.24, 2.45) is 0 Å². The number of aromatic hydroxyl groups is 1. The van der Waals surface area contributed by atoms with Crippen LogP contribution in [0.25, 0.3) is 11.6 Å². The van der Waals surface area contributed by atoms with Gasteiger partial charge in [0, 0.05) is 21.7 Å². The van der Waals surface area contributed by atoms with Gasteiger partial charge in [-0.2, -0.15) is 0 Å². The number of rotatable bonds is 2. The lowest BCUT2D eigenvalue weighted by molar-refractivity contribution is -0.112. The number of fused-ring (bicyclic) bond motifs is 1. The number of phenols is 1. The molecule has 5 heteroatoms. The van der Waals surface area contributed by atoms with E-state index in [0.717, 1.165) is 5.56 Å². The fraction of sp³-hybridized carbons (Fsp3) is 0.0435. The van der Waals surface area contributed by atoms with Crippen molar-refractivity contribution in [2.45, 2.75) is 6.92 Å². The van der Waals surface area contributed by atoms with Gasteiger partial charge in [-0.25, -0.2) is 4.90 Å². The van der Waals surface area contributed by atoms with Crippen LogP contribution in [0.5, 0.6) is 5.75 Å². The Morgan fingerprint density at radius 2 is 1.57 bits per heavy atom. The molecule has 2 amide bonds. The molecule has 0 atom stereocenters. The van der Waals surface area contributed by atoms with Crippen molar-refractivity contribution in [3.05, 3.63) is 94.0 Å². The lowest BCUT2D eigenvalue weighted by Gasteiger charge is -2.29. The molecule has 0 bridgehead atoms. The Hall–Kier alpha value is -3.37. The van der Waals surface area contributed by atoms with Gasteiger partial charge in [0.1, 0.15) is 5.75 Å². The van der Waals surface area contributed by atoms with E-state index >= 15 is 0 Å². The van der Waals surface area contributed by atoms with Gasteiger partial charge in [0.05, 0.1) is 5.69 Å². The molecule has 1 heterocycles. The molecule has 0 fully saturated rings. The summed E-state index contributed by atoms with van der Waals surface area (Å²) in [4.78, 5) is 27.7. The van der Waals surface area contributed by atoms with Gasteiger partial charge in [-0.3, -0.25) is 9.59 Å². The van der Waals surface area contributed by atoms with Crippen LogP contribution < -0.4 is 4.90 Å². The van der Waals surface area contributed by atoms with Gasteiger partial charge < -0.3 is 5.11 Å². The molecule has 4 nitrogen and oxygen atoms in total. The molecule has 0 aromatic heterocycles. The van der Waals surface area contributed by atoms with Gasteiger partial charge >= 0.3 is 0 Å². The summed E-state index contributed by atoms with van der Waals surface area (Å²) in [5, 5.41) is 10.6. The second-order valence-corrected chi connectivity index (χ2v) is 6.98. The molecule has 0 saturated heterocycles. The molecule has 0 unspecified atom stereocenters. The minimum Gasteiger partial charge on any atom is -0.507 e. The van der Waals surface area contributed by atoms with Gasteiger partial charge in [-0.1, -0.05) is 48.0 Å². The van der Waals surface area contributed by atoms with Crippen molar-refractivity contribution in [3.8, 4) is 5.75 Å². The third kappa shape index (κ3) is 2.98. The van der Waals surface area contributed by atoms with E-state index in [1.165, 1.54) is 11.0 Å². The maximum absolute atomic E-state index is 13.4. The van der Waals surface area contributed by atoms with E-state index in [-0.39, 0.29) is 11.7 Å². The number of phenolic OH excluding ortho intramolecular Hbond substituents is 1. The van der Waals surface area contributed by atoms with Crippen LogP contribution in [-0.2, 0) is 4.79 Å². The summed E-state index contributed by atoms with van der Waals surface area (Å²) < 4.78 is 0. The summed E-state index contributed by atoms with van der Waals surface area (Å²) in [5.41, 5.74) is 3.03. The Morgan fingerprint density at radius 1 is 0.893 bits per heavy atom. The number of carbonyl (C=O) groups is 2. The topological polar surface area (TPSA) is 57.6 Å². The van der Waals surface area contributed by atoms with Crippen molar-refractivity contribution >= 4 is 40.8 Å². The Morgan fingerprint density at radius 3 is 2.32 bits per heavy atom. The fourth-order valence-electron chi connectivity index (χ4n) is 3.32. The van der Waals surface area contributed by atoms with Crippen molar-refractivity contribution < 1.29 is 14.7 Å². The molecular formula is C23H16ClNO3. The molecule has 0 saturated carbocycles. The third-order valence-electron chi connectivity index (χ3n) is 4.73. The number of hydrogen-bond donors (Lipinski definition) is 1. The normalized spacial score (nSPS) is 15.1. The summed E-state index contributed by atoms with van der Waals surface area (Å²) in [6, 6.07) is 18.8. The highest BCUT2D eigenvalue weighted by Crippen LogP contribution is 2.36. The van der Waals surface area contributed by atoms with Crippen LogP contribution in [0.3, 0.4) is 0 Å². The standard InChI is InChI=1S/C23H16ClNO3/c1-14-6-2-5-9-20(14)25-22(27)18-8-4-3-7-17(18)19(23(25)28)13-15-12-16(24)10-11-21(15)26/h2-13,26H,1H3/b19-13-. The quantitative estimate of drug-likeness (QED) is 0.491. The van der Waals surface area contributed by atoms with Gasteiger partial charge in [-0.05, 0) is 54.5 Å². The van der Waals surface area contributed by atoms with Crippen LogP contribution in [-0.4, -0.2) is 16.9 Å². The van der Waals surface area contributed by atoms with E-state index in [2.05, 4.69) is 0 Å². The fourth-order valence-corrected chi connectivity index (χ4v) is 3.50. The van der Waals surface area contributed by atoms with Gasteiger partial charge in [0.2, 0.25) is 0 Å². The van der Waals surface area contributed by atoms with Crippen LogP contribution in [0.4, 0.5) is 5.69 Å². The highest BCUT2D eigenvalue weighted by atomic mass is 35.5. The number of halogens is 1. The molecule has 0 spiro atoms. The number of nitrogens with zero attached hydrogens (tertiary/aromatic N) is 1. The average molecular weight is 390 g/mol. The molecule has 3 aromatic carbocycles. The molecule has 4 rings (SSSR count). The lowest BCUT2D eigenvalue weighted by Crippen LogP contribution is -2.42. The number of imide groups is 1. The molecule has 3 aromatic rings. The average Bonchev–Trinajstić information content (AvgIpc) is 2.69. The molecule has 1 N–H and O–H groups in total. The van der Waals surface area contributed by atoms with Gasteiger partial charge in [0.15, 0.2) is 0 Å². The molecule has 1 aliphatic heterocycles. The van der Waals surface area contributed by atoms with E-state index in [1.54, 1.807) is 54.6 Å². The second kappa shape index (κ2) is 6.98. The zero-order chi connectivity index (χ0) is 19.8. The number of anilines is 1. The highest BCUT2D eigenvalue weighted by Gasteiger charge is 2.36. The van der Waals surface area contributed by atoms with Crippen molar-refractivity contribution in [2.75, 3.05) is 4.90 Å². The van der Waals surface area contributed by atoms with Crippen LogP contribution in [0.2, 0.25) is 5.02 Å². The van der Waals surface area contributed by atoms with E-state index in [1.807, 2.05) is 19.1 Å². The highest BCUT2D eigenvalue weighted by molar-refractivity contribution is 6.43. The van der Waals surface area contributed by atoms with Crippen LogP contribution >= 0.6 is 11.6 Å². The number of benzene rings is 3. The molecule has 28 heavy (non-hydrogen) atoms. The number of para-hydroxylation sites is 1. The van der Waals surface area contributed by atoms with E-state index in [0.29, 0.717) is 33.0 Å². The molecule has 0 radical (unpaired) electrons. The second-order valence-electron chi connectivity index (χ2n) is 6.54. The Kier molecular flexibility index (Phi) is 4.49. The van der Waals surface area contributed by atoms with Gasteiger partial charge in [0.25, 0.3) is 11.8 Å². The van der Waals surface area contributed by atoms with E-state index in [4.69, 9.17) is 11.6 Å². The van der Waals surface area contributed by atoms with Gasteiger partial charge in [-0.15, -0.1) is 0 Å². The maximum atomic E-state index is 13.4. The van der Waals surface area contributed by atoms with Crippen LogP contribution in [0.1, 0.15) is 27.0 Å². The Labute approximate surface area is 167 Å². The summed E-state index contributed by atoms with van der Waals surface area (Å²) in [7, 11) is 0. The van der Waals surface area contributed by atoms with Crippen molar-refractivity contribution in [3.63, 3.8) is 0 Å². The maximum Gasteiger partial charge on any atom is 0.265 e. The molecule has 0 aliphatic carbocycles. The Balaban J connectivity index is 1.95. The van der Waals surface area contributed by atoms with E-state index < -0.39 is 5.91 Å². The smallest absolute Gasteiger partial charge is 0.265 e. The number of amides is 2. The Bertz CT molecular complexity index is 1150. The number of carbonyl (C=O) groups excluding carboxylic acids is 2. The SMILES string of the molecule is Cc1ccccc1N1C(=O)/C(=C\c2cc(Cl)ccc2O)c2ccccc2C1=O. The first kappa shape index (κ1) is 18.0. The summed E-state index contributed by atoms with van der Waals surface area (Å²) >= 11 is 6.05. The van der Waals surface area contributed by atoms with Crippen LogP contribution in [0, 0.1) is 6.92 Å². The minimum absolute atomic E-state index is 0.00141. The third-order valence-corrected chi connectivity index (χ3v) is 4.97. The number of aryl methyl sites for hydroxylation is 1. The number of hydrogen-bond acceptors (Lipinski definition) is 3.